The molecule has 0 unspecified atom stereocenters. The second-order valence-corrected chi connectivity index (χ2v) is 7.59. The van der Waals surface area contributed by atoms with Gasteiger partial charge in [0.1, 0.15) is 10.7 Å². The molecular weight excluding hydrogens is 324 g/mol. The molecule has 0 spiro atoms. The Labute approximate surface area is 127 Å². The summed E-state index contributed by atoms with van der Waals surface area (Å²) in [5.74, 6) is -2.42. The Morgan fingerprint density at radius 3 is 2.62 bits per heavy atom. The predicted molar refractivity (Wildman–Crippen MR) is 74.7 cm³/mol. The molecule has 1 aliphatic rings. The molecule has 0 atom stereocenters. The van der Waals surface area contributed by atoms with Crippen molar-refractivity contribution in [3.8, 4) is 0 Å². The number of alkyl halides is 1. The van der Waals surface area contributed by atoms with E-state index in [0.29, 0.717) is 0 Å². The first-order chi connectivity index (χ1) is 9.69. The standard InChI is InChI=1S/C13H16ClF2NO3S/c1-13(2)8-17(5-6-20-13)21(18,19)11-4-3-10(15)9(7-14)12(11)16/h3-4H,5-8H2,1-2H3. The third-order valence-corrected chi connectivity index (χ3v) is 5.42. The van der Waals surface area contributed by atoms with Gasteiger partial charge in [0.05, 0.1) is 18.1 Å². The minimum Gasteiger partial charge on any atom is -0.373 e. The lowest BCUT2D eigenvalue weighted by Crippen LogP contribution is -2.50. The molecule has 0 amide bonds. The molecule has 0 saturated carbocycles. The van der Waals surface area contributed by atoms with E-state index in [1.807, 2.05) is 0 Å². The number of sulfonamides is 1. The second-order valence-electron chi connectivity index (χ2n) is 5.42. The maximum absolute atomic E-state index is 14.2. The lowest BCUT2D eigenvalue weighted by Gasteiger charge is -2.37. The number of hydrogen-bond acceptors (Lipinski definition) is 3. The van der Waals surface area contributed by atoms with Gasteiger partial charge in [-0.3, -0.25) is 0 Å². The van der Waals surface area contributed by atoms with E-state index in [1.165, 1.54) is 0 Å². The number of rotatable bonds is 3. The molecule has 0 N–H and O–H groups in total. The van der Waals surface area contributed by atoms with Crippen LogP contribution in [-0.2, 0) is 20.6 Å². The fourth-order valence-corrected chi connectivity index (χ4v) is 4.12. The van der Waals surface area contributed by atoms with Crippen molar-refractivity contribution in [1.82, 2.24) is 4.31 Å². The first-order valence-electron chi connectivity index (χ1n) is 6.36. The number of benzene rings is 1. The van der Waals surface area contributed by atoms with Gasteiger partial charge in [-0.25, -0.2) is 17.2 Å². The molecule has 8 heteroatoms. The zero-order valence-electron chi connectivity index (χ0n) is 11.7. The molecule has 4 nitrogen and oxygen atoms in total. The minimum absolute atomic E-state index is 0.0996. The summed E-state index contributed by atoms with van der Waals surface area (Å²) in [5, 5.41) is 0. The van der Waals surface area contributed by atoms with Crippen LogP contribution in [0.5, 0.6) is 0 Å². The quantitative estimate of drug-likeness (QED) is 0.795. The van der Waals surface area contributed by atoms with E-state index in [9.17, 15) is 17.2 Å². The van der Waals surface area contributed by atoms with E-state index in [0.717, 1.165) is 16.4 Å². The highest BCUT2D eigenvalue weighted by Gasteiger charge is 2.36. The number of hydrogen-bond donors (Lipinski definition) is 0. The summed E-state index contributed by atoms with van der Waals surface area (Å²) < 4.78 is 59.3. The van der Waals surface area contributed by atoms with Crippen molar-refractivity contribution in [2.75, 3.05) is 19.7 Å². The van der Waals surface area contributed by atoms with Crippen LogP contribution < -0.4 is 0 Å². The molecule has 0 aliphatic carbocycles. The summed E-state index contributed by atoms with van der Waals surface area (Å²) in [6.45, 7) is 3.94. The van der Waals surface area contributed by atoms with Crippen LogP contribution in [0.4, 0.5) is 8.78 Å². The van der Waals surface area contributed by atoms with Crippen molar-refractivity contribution in [1.29, 1.82) is 0 Å². The topological polar surface area (TPSA) is 46.6 Å². The summed E-state index contributed by atoms with van der Waals surface area (Å²) >= 11 is 5.48. The Hall–Kier alpha value is -0.760. The molecule has 0 aromatic heterocycles. The summed E-state index contributed by atoms with van der Waals surface area (Å²) in [6, 6.07) is 1.85. The van der Waals surface area contributed by atoms with E-state index in [1.54, 1.807) is 13.8 Å². The van der Waals surface area contributed by atoms with Gasteiger partial charge < -0.3 is 4.74 Å². The first-order valence-corrected chi connectivity index (χ1v) is 8.33. The Balaban J connectivity index is 2.45. The first kappa shape index (κ1) is 16.6. The molecule has 2 rings (SSSR count). The van der Waals surface area contributed by atoms with Gasteiger partial charge in [0.25, 0.3) is 0 Å². The third kappa shape index (κ3) is 3.21. The van der Waals surface area contributed by atoms with Crippen LogP contribution in [0, 0.1) is 11.6 Å². The van der Waals surface area contributed by atoms with Crippen LogP contribution in [0.1, 0.15) is 19.4 Å². The van der Waals surface area contributed by atoms with Gasteiger partial charge in [-0.05, 0) is 26.0 Å². The van der Waals surface area contributed by atoms with Crippen LogP contribution in [0.2, 0.25) is 0 Å². The monoisotopic (exact) mass is 339 g/mol. The lowest BCUT2D eigenvalue weighted by molar-refractivity contribution is -0.0640. The van der Waals surface area contributed by atoms with Gasteiger partial charge in [0.2, 0.25) is 10.0 Å². The third-order valence-electron chi connectivity index (χ3n) is 3.29. The molecule has 1 aromatic rings. The Bertz CT molecular complexity index is 649. The Morgan fingerprint density at radius 1 is 1.38 bits per heavy atom. The van der Waals surface area contributed by atoms with E-state index in [-0.39, 0.29) is 19.7 Å². The highest BCUT2D eigenvalue weighted by Crippen LogP contribution is 2.28. The van der Waals surface area contributed by atoms with E-state index in [2.05, 4.69) is 0 Å². The molecule has 0 bridgehead atoms. The van der Waals surface area contributed by atoms with E-state index < -0.39 is 43.6 Å². The van der Waals surface area contributed by atoms with Crippen LogP contribution in [-0.4, -0.2) is 38.0 Å². The summed E-state index contributed by atoms with van der Waals surface area (Å²) in [4.78, 5) is -0.558. The highest BCUT2D eigenvalue weighted by atomic mass is 35.5. The van der Waals surface area contributed by atoms with Crippen LogP contribution in [0.25, 0.3) is 0 Å². The average Bonchev–Trinajstić information content (AvgIpc) is 2.37. The van der Waals surface area contributed by atoms with Crippen molar-refractivity contribution in [3.05, 3.63) is 29.3 Å². The second kappa shape index (κ2) is 5.79. The highest BCUT2D eigenvalue weighted by molar-refractivity contribution is 7.89. The van der Waals surface area contributed by atoms with Crippen molar-refractivity contribution in [2.24, 2.45) is 0 Å². The maximum Gasteiger partial charge on any atom is 0.246 e. The van der Waals surface area contributed by atoms with Gasteiger partial charge in [-0.1, -0.05) is 0 Å². The molecule has 118 valence electrons. The molecule has 1 aromatic carbocycles. The normalized spacial score (nSPS) is 19.7. The van der Waals surface area contributed by atoms with Crippen molar-refractivity contribution in [3.63, 3.8) is 0 Å². The largest absolute Gasteiger partial charge is 0.373 e. The van der Waals surface area contributed by atoms with Crippen molar-refractivity contribution < 1.29 is 21.9 Å². The smallest absolute Gasteiger partial charge is 0.246 e. The summed E-state index contributed by atoms with van der Waals surface area (Å²) in [5.41, 5.74) is -1.10. The van der Waals surface area contributed by atoms with Crippen LogP contribution in [0.3, 0.4) is 0 Å². The lowest BCUT2D eigenvalue weighted by atomic mass is 10.1. The SMILES string of the molecule is CC1(C)CN(S(=O)(=O)c2ccc(F)c(CCl)c2F)CCO1. The number of nitrogens with zero attached hydrogens (tertiary/aromatic N) is 1. The maximum atomic E-state index is 14.2. The van der Waals surface area contributed by atoms with E-state index >= 15 is 0 Å². The number of halogens is 3. The molecule has 0 radical (unpaired) electrons. The number of ether oxygens (including phenoxy) is 1. The zero-order valence-corrected chi connectivity index (χ0v) is 13.3. The van der Waals surface area contributed by atoms with Crippen LogP contribution in [0.15, 0.2) is 17.0 Å². The minimum atomic E-state index is -4.06. The van der Waals surface area contributed by atoms with E-state index in [4.69, 9.17) is 16.3 Å². The fourth-order valence-electron chi connectivity index (χ4n) is 2.22. The van der Waals surface area contributed by atoms with Gasteiger partial charge >= 0.3 is 0 Å². The predicted octanol–water partition coefficient (Wildman–Crippen LogP) is 2.50. The fraction of sp³-hybridized carbons (Fsp3) is 0.538. The van der Waals surface area contributed by atoms with Gasteiger partial charge in [-0.2, -0.15) is 4.31 Å². The molecular formula is C13H16ClF2NO3S. The van der Waals surface area contributed by atoms with Gasteiger partial charge in [0.15, 0.2) is 5.82 Å². The summed E-state index contributed by atoms with van der Waals surface area (Å²) in [7, 11) is -4.06. The molecule has 1 saturated heterocycles. The summed E-state index contributed by atoms with van der Waals surface area (Å²) in [6.07, 6.45) is 0. The molecule has 1 aliphatic heterocycles. The van der Waals surface area contributed by atoms with Crippen molar-refractivity contribution >= 4 is 21.6 Å². The molecule has 1 heterocycles. The van der Waals surface area contributed by atoms with Gasteiger partial charge in [-0.15, -0.1) is 11.6 Å². The molecule has 21 heavy (non-hydrogen) atoms. The molecule has 1 fully saturated rings. The van der Waals surface area contributed by atoms with Gasteiger partial charge in [0, 0.05) is 18.7 Å². The van der Waals surface area contributed by atoms with Crippen molar-refractivity contribution in [2.45, 2.75) is 30.2 Å². The van der Waals surface area contributed by atoms with Crippen LogP contribution >= 0.6 is 11.6 Å². The Morgan fingerprint density at radius 2 is 2.05 bits per heavy atom. The number of morpholine rings is 1. The zero-order chi connectivity index (χ0) is 15.8. The average molecular weight is 340 g/mol. The Kier molecular flexibility index (Phi) is 4.58.